The van der Waals surface area contributed by atoms with Gasteiger partial charge in [0, 0.05) is 0 Å². The summed E-state index contributed by atoms with van der Waals surface area (Å²) < 4.78 is 31.5. The molecule has 3 N–H and O–H groups in total. The number of amides is 1. The number of aromatic amines is 2. The van der Waals surface area contributed by atoms with E-state index in [4.69, 9.17) is 4.74 Å². The fourth-order valence-electron chi connectivity index (χ4n) is 2.24. The Morgan fingerprint density at radius 2 is 1.80 bits per heavy atom. The van der Waals surface area contributed by atoms with Crippen LogP contribution in [0.25, 0.3) is 11.1 Å². The molecule has 1 aromatic heterocycles. The molecule has 25 heavy (non-hydrogen) atoms. The van der Waals surface area contributed by atoms with E-state index >= 15 is 0 Å². The zero-order chi connectivity index (χ0) is 17.8. The van der Waals surface area contributed by atoms with Crippen molar-refractivity contribution in [3.8, 4) is 11.1 Å². The van der Waals surface area contributed by atoms with Crippen molar-refractivity contribution in [2.24, 2.45) is 0 Å². The first-order valence-corrected chi connectivity index (χ1v) is 7.28. The molecule has 0 saturated heterocycles. The van der Waals surface area contributed by atoms with Gasteiger partial charge in [-0.25, -0.2) is 13.6 Å². The molecule has 3 rings (SSSR count). The summed E-state index contributed by atoms with van der Waals surface area (Å²) in [7, 11) is 0. The van der Waals surface area contributed by atoms with Gasteiger partial charge in [-0.1, -0.05) is 36.4 Å². The number of aromatic nitrogens is 2. The smallest absolute Gasteiger partial charge is 0.413 e. The lowest BCUT2D eigenvalue weighted by molar-refractivity contribution is 0.155. The Morgan fingerprint density at radius 1 is 1.04 bits per heavy atom. The number of halogens is 2. The van der Waals surface area contributed by atoms with Crippen molar-refractivity contribution in [2.45, 2.75) is 6.61 Å². The van der Waals surface area contributed by atoms with Crippen LogP contribution in [0.1, 0.15) is 5.56 Å². The number of carbonyl (C=O) groups excluding carboxylic acids is 1. The summed E-state index contributed by atoms with van der Waals surface area (Å²) in [6.07, 6.45) is -0.803. The maximum atomic E-state index is 13.4. The third-order valence-corrected chi connectivity index (χ3v) is 3.43. The average Bonchev–Trinajstić information content (AvgIpc) is 2.97. The standard InChI is InChI=1S/C17H13F2N3O3/c18-12-7-6-11(8-13(12)19)14-15(21-22-16(14)23)20-17(24)25-9-10-4-2-1-3-5-10/h1-8H,9H2,(H3,20,21,22,23,24). The number of hydrogen-bond acceptors (Lipinski definition) is 3. The van der Waals surface area contributed by atoms with Gasteiger partial charge in [-0.05, 0) is 23.3 Å². The Labute approximate surface area is 140 Å². The normalized spacial score (nSPS) is 10.5. The van der Waals surface area contributed by atoms with Gasteiger partial charge in [-0.15, -0.1) is 0 Å². The van der Waals surface area contributed by atoms with Gasteiger partial charge in [0.15, 0.2) is 11.6 Å². The molecule has 2 aromatic carbocycles. The van der Waals surface area contributed by atoms with Crippen molar-refractivity contribution in [3.63, 3.8) is 0 Å². The molecule has 0 unspecified atom stereocenters. The Hall–Kier alpha value is -3.42. The largest absolute Gasteiger partial charge is 0.444 e. The van der Waals surface area contributed by atoms with Gasteiger partial charge in [-0.2, -0.15) is 0 Å². The molecule has 128 valence electrons. The molecule has 0 fully saturated rings. The maximum absolute atomic E-state index is 13.4. The second-order valence-electron chi connectivity index (χ2n) is 5.14. The molecule has 0 atom stereocenters. The summed E-state index contributed by atoms with van der Waals surface area (Å²) in [6, 6.07) is 12.0. The fraction of sp³-hybridized carbons (Fsp3) is 0.0588. The molecule has 3 aromatic rings. The number of carbonyl (C=O) groups is 1. The summed E-state index contributed by atoms with van der Waals surface area (Å²) in [5.41, 5.74) is 0.278. The van der Waals surface area contributed by atoms with Crippen LogP contribution in [0.5, 0.6) is 0 Å². The van der Waals surface area contributed by atoms with Gasteiger partial charge < -0.3 is 4.74 Å². The average molecular weight is 345 g/mol. The lowest BCUT2D eigenvalue weighted by Crippen LogP contribution is -2.15. The van der Waals surface area contributed by atoms with Gasteiger partial charge in [0.2, 0.25) is 0 Å². The minimum absolute atomic E-state index is 0.00549. The van der Waals surface area contributed by atoms with Crippen LogP contribution in [0.4, 0.5) is 19.4 Å². The molecular formula is C17H13F2N3O3. The lowest BCUT2D eigenvalue weighted by atomic mass is 10.1. The molecular weight excluding hydrogens is 332 g/mol. The highest BCUT2D eigenvalue weighted by Crippen LogP contribution is 2.24. The van der Waals surface area contributed by atoms with Crippen molar-refractivity contribution < 1.29 is 18.3 Å². The van der Waals surface area contributed by atoms with Crippen LogP contribution in [-0.2, 0) is 11.3 Å². The molecule has 8 heteroatoms. The quantitative estimate of drug-likeness (QED) is 0.677. The number of benzene rings is 2. The van der Waals surface area contributed by atoms with Crippen LogP contribution in [0.3, 0.4) is 0 Å². The van der Waals surface area contributed by atoms with E-state index in [1.165, 1.54) is 6.07 Å². The summed E-state index contributed by atoms with van der Waals surface area (Å²) in [5, 5.41) is 7.12. The molecule has 1 amide bonds. The van der Waals surface area contributed by atoms with Gasteiger partial charge in [0.25, 0.3) is 5.56 Å². The molecule has 1 heterocycles. The highest BCUT2D eigenvalue weighted by molar-refractivity contribution is 5.89. The Bertz CT molecular complexity index is 951. The highest BCUT2D eigenvalue weighted by Gasteiger charge is 2.17. The Balaban J connectivity index is 1.76. The molecule has 0 bridgehead atoms. The summed E-state index contributed by atoms with van der Waals surface area (Å²) >= 11 is 0. The third-order valence-electron chi connectivity index (χ3n) is 3.43. The molecule has 0 saturated carbocycles. The van der Waals surface area contributed by atoms with Crippen LogP contribution in [-0.4, -0.2) is 16.3 Å². The molecule has 0 aliphatic rings. The lowest BCUT2D eigenvalue weighted by Gasteiger charge is -2.07. The first-order chi connectivity index (χ1) is 12.0. The van der Waals surface area contributed by atoms with Crippen LogP contribution >= 0.6 is 0 Å². The SMILES string of the molecule is O=C(Nc1[nH][nH]c(=O)c1-c1ccc(F)c(F)c1)OCc1ccccc1. The van der Waals surface area contributed by atoms with Crippen LogP contribution in [0.15, 0.2) is 53.3 Å². The van der Waals surface area contributed by atoms with E-state index in [-0.39, 0.29) is 23.6 Å². The van der Waals surface area contributed by atoms with Gasteiger partial charge in [-0.3, -0.25) is 20.3 Å². The number of hydrogen-bond donors (Lipinski definition) is 3. The van der Waals surface area contributed by atoms with Gasteiger partial charge in [0.1, 0.15) is 12.4 Å². The minimum Gasteiger partial charge on any atom is -0.444 e. The highest BCUT2D eigenvalue weighted by atomic mass is 19.2. The first-order valence-electron chi connectivity index (χ1n) is 7.28. The Kier molecular flexibility index (Phi) is 4.60. The minimum atomic E-state index is -1.10. The van der Waals surface area contributed by atoms with Crippen molar-refractivity contribution in [1.29, 1.82) is 0 Å². The number of H-pyrrole nitrogens is 2. The maximum Gasteiger partial charge on any atom is 0.413 e. The number of anilines is 1. The van der Waals surface area contributed by atoms with Crippen LogP contribution in [0, 0.1) is 11.6 Å². The summed E-state index contributed by atoms with van der Waals surface area (Å²) in [6.45, 7) is 0.0435. The van der Waals surface area contributed by atoms with E-state index in [2.05, 4.69) is 15.5 Å². The van der Waals surface area contributed by atoms with Crippen molar-refractivity contribution >= 4 is 11.9 Å². The third kappa shape index (κ3) is 3.74. The van der Waals surface area contributed by atoms with E-state index in [0.717, 1.165) is 17.7 Å². The topological polar surface area (TPSA) is 87.0 Å². The zero-order valence-electron chi connectivity index (χ0n) is 12.8. The van der Waals surface area contributed by atoms with Crippen LogP contribution < -0.4 is 10.9 Å². The van der Waals surface area contributed by atoms with E-state index in [1.807, 2.05) is 6.07 Å². The van der Waals surface area contributed by atoms with E-state index in [1.54, 1.807) is 24.3 Å². The monoisotopic (exact) mass is 345 g/mol. The number of nitrogens with one attached hydrogen (secondary N) is 3. The van der Waals surface area contributed by atoms with Crippen LogP contribution in [0.2, 0.25) is 0 Å². The Morgan fingerprint density at radius 3 is 2.52 bits per heavy atom. The van der Waals surface area contributed by atoms with Crippen molar-refractivity contribution in [2.75, 3.05) is 5.32 Å². The van der Waals surface area contributed by atoms with E-state index < -0.39 is 23.3 Å². The molecule has 0 aliphatic heterocycles. The molecule has 0 radical (unpaired) electrons. The predicted octanol–water partition coefficient (Wildman–Crippen LogP) is 3.40. The number of rotatable bonds is 4. The molecule has 0 spiro atoms. The van der Waals surface area contributed by atoms with E-state index in [0.29, 0.717) is 0 Å². The van der Waals surface area contributed by atoms with Gasteiger partial charge >= 0.3 is 6.09 Å². The second-order valence-corrected chi connectivity index (χ2v) is 5.14. The predicted molar refractivity (Wildman–Crippen MR) is 87.0 cm³/mol. The summed E-state index contributed by atoms with van der Waals surface area (Å²) in [5.74, 6) is -2.14. The first kappa shape index (κ1) is 16.4. The summed E-state index contributed by atoms with van der Waals surface area (Å²) in [4.78, 5) is 23.8. The van der Waals surface area contributed by atoms with Crippen molar-refractivity contribution in [3.05, 3.63) is 76.1 Å². The molecule has 0 aliphatic carbocycles. The molecule has 6 nitrogen and oxygen atoms in total. The number of ether oxygens (including phenoxy) is 1. The van der Waals surface area contributed by atoms with Crippen molar-refractivity contribution in [1.82, 2.24) is 10.2 Å². The van der Waals surface area contributed by atoms with Gasteiger partial charge in [0.05, 0.1) is 5.56 Å². The van der Waals surface area contributed by atoms with E-state index in [9.17, 15) is 18.4 Å². The fourth-order valence-corrected chi connectivity index (χ4v) is 2.24. The zero-order valence-corrected chi connectivity index (χ0v) is 12.8. The second kappa shape index (κ2) is 7.00.